The first-order valence-electron chi connectivity index (χ1n) is 6.70. The molecule has 2 heterocycles. The Bertz CT molecular complexity index is 526. The number of furan rings is 1. The summed E-state index contributed by atoms with van der Waals surface area (Å²) in [7, 11) is 0. The molecule has 18 heavy (non-hydrogen) atoms. The van der Waals surface area contributed by atoms with Crippen molar-refractivity contribution in [2.24, 2.45) is 0 Å². The maximum atomic E-state index is 9.07. The van der Waals surface area contributed by atoms with E-state index in [-0.39, 0.29) is 6.61 Å². The van der Waals surface area contributed by atoms with Crippen LogP contribution < -0.4 is 0 Å². The fourth-order valence-electron chi connectivity index (χ4n) is 2.70. The standard InChI is InChI=1S/C15H19NO2/c17-11-14-9-13-8-12(4-5-15(13)18-14)10-16-6-2-1-3-7-16/h4-5,8-9,17H,1-3,6-7,10-11H2. The second-order valence-corrected chi connectivity index (χ2v) is 5.08. The molecule has 0 spiro atoms. The Hall–Kier alpha value is -1.32. The monoisotopic (exact) mass is 245 g/mol. The number of hydrogen-bond acceptors (Lipinski definition) is 3. The first-order chi connectivity index (χ1) is 8.85. The quantitative estimate of drug-likeness (QED) is 0.903. The van der Waals surface area contributed by atoms with Crippen molar-refractivity contribution in [3.63, 3.8) is 0 Å². The molecule has 1 fully saturated rings. The van der Waals surface area contributed by atoms with E-state index >= 15 is 0 Å². The van der Waals surface area contributed by atoms with Crippen molar-refractivity contribution in [3.8, 4) is 0 Å². The average molecular weight is 245 g/mol. The maximum absolute atomic E-state index is 9.07. The summed E-state index contributed by atoms with van der Waals surface area (Å²) < 4.78 is 5.50. The van der Waals surface area contributed by atoms with Crippen LogP contribution in [0.15, 0.2) is 28.7 Å². The Morgan fingerprint density at radius 3 is 2.72 bits per heavy atom. The Kier molecular flexibility index (Phi) is 3.35. The second-order valence-electron chi connectivity index (χ2n) is 5.08. The number of fused-ring (bicyclic) bond motifs is 1. The molecule has 0 saturated carbocycles. The van der Waals surface area contributed by atoms with E-state index in [1.165, 1.54) is 37.9 Å². The van der Waals surface area contributed by atoms with Gasteiger partial charge in [0.25, 0.3) is 0 Å². The molecular weight excluding hydrogens is 226 g/mol. The van der Waals surface area contributed by atoms with E-state index in [0.29, 0.717) is 5.76 Å². The van der Waals surface area contributed by atoms with E-state index in [0.717, 1.165) is 17.5 Å². The summed E-state index contributed by atoms with van der Waals surface area (Å²) in [5.74, 6) is 0.639. The van der Waals surface area contributed by atoms with Gasteiger partial charge in [-0.25, -0.2) is 0 Å². The lowest BCUT2D eigenvalue weighted by Crippen LogP contribution is -2.28. The first-order valence-corrected chi connectivity index (χ1v) is 6.70. The number of benzene rings is 1. The molecular formula is C15H19NO2. The van der Waals surface area contributed by atoms with Crippen LogP contribution in [0.2, 0.25) is 0 Å². The van der Waals surface area contributed by atoms with Crippen LogP contribution >= 0.6 is 0 Å². The highest BCUT2D eigenvalue weighted by molar-refractivity contribution is 5.78. The molecule has 96 valence electrons. The van der Waals surface area contributed by atoms with Crippen molar-refractivity contribution >= 4 is 11.0 Å². The number of likely N-dealkylation sites (tertiary alicyclic amines) is 1. The van der Waals surface area contributed by atoms with Gasteiger partial charge in [-0.15, -0.1) is 0 Å². The number of hydrogen-bond donors (Lipinski definition) is 1. The van der Waals surface area contributed by atoms with E-state index < -0.39 is 0 Å². The van der Waals surface area contributed by atoms with Crippen LogP contribution in [0.3, 0.4) is 0 Å². The molecule has 2 aromatic rings. The zero-order valence-corrected chi connectivity index (χ0v) is 10.6. The number of nitrogens with zero attached hydrogens (tertiary/aromatic N) is 1. The Balaban J connectivity index is 1.79. The molecule has 3 rings (SSSR count). The molecule has 3 nitrogen and oxygen atoms in total. The van der Waals surface area contributed by atoms with Crippen LogP contribution in [0.5, 0.6) is 0 Å². The number of piperidine rings is 1. The number of rotatable bonds is 3. The van der Waals surface area contributed by atoms with Crippen molar-refractivity contribution < 1.29 is 9.52 Å². The molecule has 0 atom stereocenters. The largest absolute Gasteiger partial charge is 0.459 e. The zero-order valence-electron chi connectivity index (χ0n) is 10.6. The molecule has 0 radical (unpaired) electrons. The average Bonchev–Trinajstić information content (AvgIpc) is 2.82. The van der Waals surface area contributed by atoms with Gasteiger partial charge in [-0.1, -0.05) is 12.5 Å². The van der Waals surface area contributed by atoms with Gasteiger partial charge in [0.15, 0.2) is 0 Å². The van der Waals surface area contributed by atoms with Crippen LogP contribution in [0.1, 0.15) is 30.6 Å². The predicted molar refractivity (Wildman–Crippen MR) is 71.3 cm³/mol. The molecule has 1 aromatic heterocycles. The van der Waals surface area contributed by atoms with Gasteiger partial charge in [-0.05, 0) is 49.7 Å². The topological polar surface area (TPSA) is 36.6 Å². The van der Waals surface area contributed by atoms with Crippen molar-refractivity contribution in [1.82, 2.24) is 4.90 Å². The van der Waals surface area contributed by atoms with Gasteiger partial charge in [-0.2, -0.15) is 0 Å². The van der Waals surface area contributed by atoms with E-state index in [1.807, 2.05) is 12.1 Å². The highest BCUT2D eigenvalue weighted by Crippen LogP contribution is 2.22. The van der Waals surface area contributed by atoms with Gasteiger partial charge >= 0.3 is 0 Å². The molecule has 0 amide bonds. The van der Waals surface area contributed by atoms with Crippen molar-refractivity contribution in [3.05, 3.63) is 35.6 Å². The van der Waals surface area contributed by atoms with Gasteiger partial charge in [-0.3, -0.25) is 4.90 Å². The Labute approximate surface area is 107 Å². The molecule has 3 heteroatoms. The summed E-state index contributed by atoms with van der Waals surface area (Å²) in [6, 6.07) is 8.23. The third-order valence-electron chi connectivity index (χ3n) is 3.64. The lowest BCUT2D eigenvalue weighted by Gasteiger charge is -2.26. The van der Waals surface area contributed by atoms with Crippen molar-refractivity contribution in [2.75, 3.05) is 13.1 Å². The van der Waals surface area contributed by atoms with E-state index in [1.54, 1.807) is 0 Å². The third-order valence-corrected chi connectivity index (χ3v) is 3.64. The van der Waals surface area contributed by atoms with Crippen LogP contribution in [0, 0.1) is 0 Å². The fraction of sp³-hybridized carbons (Fsp3) is 0.467. The molecule has 1 aromatic carbocycles. The molecule has 1 saturated heterocycles. The molecule has 0 aliphatic carbocycles. The number of aliphatic hydroxyl groups excluding tert-OH is 1. The molecule has 1 aliphatic rings. The van der Waals surface area contributed by atoms with E-state index in [2.05, 4.69) is 17.0 Å². The van der Waals surface area contributed by atoms with Crippen LogP contribution in [0.25, 0.3) is 11.0 Å². The third kappa shape index (κ3) is 2.42. The van der Waals surface area contributed by atoms with Crippen molar-refractivity contribution in [2.45, 2.75) is 32.4 Å². The minimum absolute atomic E-state index is 0.0316. The lowest BCUT2D eigenvalue weighted by molar-refractivity contribution is 0.221. The summed E-state index contributed by atoms with van der Waals surface area (Å²) in [6.07, 6.45) is 4.02. The van der Waals surface area contributed by atoms with Gasteiger partial charge < -0.3 is 9.52 Å². The summed E-state index contributed by atoms with van der Waals surface area (Å²) in [5.41, 5.74) is 2.19. The van der Waals surface area contributed by atoms with Gasteiger partial charge in [0.2, 0.25) is 0 Å². The van der Waals surface area contributed by atoms with Crippen molar-refractivity contribution in [1.29, 1.82) is 0 Å². The highest BCUT2D eigenvalue weighted by atomic mass is 16.4. The first kappa shape index (κ1) is 11.8. The molecule has 1 aliphatic heterocycles. The van der Waals surface area contributed by atoms with Crippen LogP contribution in [0.4, 0.5) is 0 Å². The zero-order chi connectivity index (χ0) is 12.4. The highest BCUT2D eigenvalue weighted by Gasteiger charge is 2.11. The SMILES string of the molecule is OCc1cc2cc(CN3CCCCC3)ccc2o1. The summed E-state index contributed by atoms with van der Waals surface area (Å²) in [5, 5.41) is 10.2. The summed E-state index contributed by atoms with van der Waals surface area (Å²) in [4.78, 5) is 2.51. The fourth-order valence-corrected chi connectivity index (χ4v) is 2.70. The molecule has 1 N–H and O–H groups in total. The summed E-state index contributed by atoms with van der Waals surface area (Å²) >= 11 is 0. The number of aliphatic hydroxyl groups is 1. The van der Waals surface area contributed by atoms with E-state index in [9.17, 15) is 0 Å². The van der Waals surface area contributed by atoms with Gasteiger partial charge in [0.05, 0.1) is 0 Å². The normalized spacial score (nSPS) is 17.4. The molecule has 0 bridgehead atoms. The lowest BCUT2D eigenvalue weighted by atomic mass is 10.1. The van der Waals surface area contributed by atoms with E-state index in [4.69, 9.17) is 9.52 Å². The van der Waals surface area contributed by atoms with Gasteiger partial charge in [0, 0.05) is 11.9 Å². The predicted octanol–water partition coefficient (Wildman–Crippen LogP) is 2.91. The Morgan fingerprint density at radius 1 is 1.11 bits per heavy atom. The second kappa shape index (κ2) is 5.12. The van der Waals surface area contributed by atoms with Gasteiger partial charge in [0.1, 0.15) is 18.0 Å². The Morgan fingerprint density at radius 2 is 1.94 bits per heavy atom. The molecule has 0 unspecified atom stereocenters. The maximum Gasteiger partial charge on any atom is 0.134 e. The van der Waals surface area contributed by atoms with Crippen LogP contribution in [-0.2, 0) is 13.2 Å². The minimum atomic E-state index is -0.0316. The minimum Gasteiger partial charge on any atom is -0.459 e. The van der Waals surface area contributed by atoms with Crippen LogP contribution in [-0.4, -0.2) is 23.1 Å². The smallest absolute Gasteiger partial charge is 0.134 e. The summed E-state index contributed by atoms with van der Waals surface area (Å²) in [6.45, 7) is 3.42.